The molecule has 0 spiro atoms. The monoisotopic (exact) mass is 342 g/mol. The van der Waals surface area contributed by atoms with E-state index >= 15 is 0 Å². The third kappa shape index (κ3) is 3.89. The zero-order chi connectivity index (χ0) is 17.4. The maximum atomic E-state index is 6.35. The second kappa shape index (κ2) is 6.95. The van der Waals surface area contributed by atoms with E-state index in [-0.39, 0.29) is 5.60 Å². The van der Waals surface area contributed by atoms with Gasteiger partial charge in [0.2, 0.25) is 0 Å². The highest BCUT2D eigenvalue weighted by molar-refractivity contribution is 5.29. The van der Waals surface area contributed by atoms with Crippen molar-refractivity contribution in [3.05, 3.63) is 29.8 Å². The van der Waals surface area contributed by atoms with Gasteiger partial charge in [0.1, 0.15) is 5.75 Å². The topological polar surface area (TPSA) is 18.5 Å². The molecule has 4 bridgehead atoms. The van der Waals surface area contributed by atoms with Crippen molar-refractivity contribution in [3.63, 3.8) is 0 Å². The maximum Gasteiger partial charge on any atom is 0.189 e. The van der Waals surface area contributed by atoms with Crippen molar-refractivity contribution in [1.82, 2.24) is 0 Å². The minimum absolute atomic E-state index is 0.139. The van der Waals surface area contributed by atoms with Crippen LogP contribution >= 0.6 is 0 Å². The molecule has 1 aromatic rings. The van der Waals surface area contributed by atoms with Gasteiger partial charge in [-0.15, -0.1) is 0 Å². The molecule has 1 unspecified atom stereocenters. The molecule has 0 amide bonds. The maximum absolute atomic E-state index is 6.35. The van der Waals surface area contributed by atoms with Crippen LogP contribution in [0.1, 0.15) is 77.2 Å². The first-order valence-corrected chi connectivity index (χ1v) is 10.4. The van der Waals surface area contributed by atoms with E-state index in [9.17, 15) is 0 Å². The van der Waals surface area contributed by atoms with Crippen LogP contribution in [0.4, 0.5) is 0 Å². The summed E-state index contributed by atoms with van der Waals surface area (Å²) in [6.07, 6.45) is 9.42. The molecule has 4 aliphatic carbocycles. The van der Waals surface area contributed by atoms with E-state index in [4.69, 9.17) is 9.47 Å². The Kier molecular flexibility index (Phi) is 4.83. The third-order valence-corrected chi connectivity index (χ3v) is 6.85. The van der Waals surface area contributed by atoms with Crippen molar-refractivity contribution in [2.45, 2.75) is 77.2 Å². The highest BCUT2D eigenvalue weighted by Gasteiger charge is 2.51. The van der Waals surface area contributed by atoms with Crippen molar-refractivity contribution in [3.8, 4) is 5.75 Å². The molecule has 4 aliphatic rings. The fraction of sp³-hybridized carbons (Fsp3) is 0.739. The van der Waals surface area contributed by atoms with Crippen LogP contribution in [0, 0.1) is 23.7 Å². The summed E-state index contributed by atoms with van der Waals surface area (Å²) in [4.78, 5) is 0. The average Bonchev–Trinajstić information content (AvgIpc) is 2.53. The Labute approximate surface area is 153 Å². The van der Waals surface area contributed by atoms with Crippen molar-refractivity contribution in [2.75, 3.05) is 6.79 Å². The van der Waals surface area contributed by atoms with Crippen LogP contribution < -0.4 is 4.74 Å². The Hall–Kier alpha value is -1.02. The Bertz CT molecular complexity index is 539. The molecule has 2 nitrogen and oxygen atoms in total. The van der Waals surface area contributed by atoms with E-state index in [2.05, 4.69) is 45.0 Å². The van der Waals surface area contributed by atoms with Gasteiger partial charge < -0.3 is 9.47 Å². The summed E-state index contributed by atoms with van der Waals surface area (Å²) in [5, 5.41) is 0. The van der Waals surface area contributed by atoms with Gasteiger partial charge >= 0.3 is 0 Å². The number of hydrogen-bond acceptors (Lipinski definition) is 2. The highest BCUT2D eigenvalue weighted by atomic mass is 16.7. The van der Waals surface area contributed by atoms with Crippen LogP contribution in [0.25, 0.3) is 0 Å². The van der Waals surface area contributed by atoms with Crippen LogP contribution in [-0.2, 0) is 4.74 Å². The lowest BCUT2D eigenvalue weighted by Gasteiger charge is -2.56. The predicted octanol–water partition coefficient (Wildman–Crippen LogP) is 6.16. The van der Waals surface area contributed by atoms with Gasteiger partial charge in [0.25, 0.3) is 0 Å². The van der Waals surface area contributed by atoms with E-state index in [0.717, 1.165) is 29.4 Å². The zero-order valence-electron chi connectivity index (χ0n) is 16.2. The first-order valence-electron chi connectivity index (χ1n) is 10.4. The lowest BCUT2D eigenvalue weighted by Crippen LogP contribution is -2.52. The zero-order valence-corrected chi connectivity index (χ0v) is 16.2. The second-order valence-corrected chi connectivity index (χ2v) is 9.61. The van der Waals surface area contributed by atoms with Crippen LogP contribution in [0.2, 0.25) is 0 Å². The molecule has 0 aliphatic heterocycles. The van der Waals surface area contributed by atoms with Gasteiger partial charge in [0, 0.05) is 0 Å². The van der Waals surface area contributed by atoms with Crippen LogP contribution in [0.3, 0.4) is 0 Å². The molecule has 0 heterocycles. The SMILES string of the molecule is CC(C)CC(C)c1ccc(OCOC23CC4CC(CC(C4)C2)C3)cc1. The summed E-state index contributed by atoms with van der Waals surface area (Å²) in [7, 11) is 0. The van der Waals surface area contributed by atoms with Crippen molar-refractivity contribution < 1.29 is 9.47 Å². The summed E-state index contributed by atoms with van der Waals surface area (Å²) in [5.74, 6) is 5.05. The first-order chi connectivity index (χ1) is 12.0. The smallest absolute Gasteiger partial charge is 0.189 e. The summed E-state index contributed by atoms with van der Waals surface area (Å²) >= 11 is 0. The first kappa shape index (κ1) is 17.4. The van der Waals surface area contributed by atoms with Gasteiger partial charge in [0.15, 0.2) is 6.79 Å². The van der Waals surface area contributed by atoms with Gasteiger partial charge in [-0.2, -0.15) is 0 Å². The molecular formula is C23H34O2. The largest absolute Gasteiger partial charge is 0.468 e. The fourth-order valence-corrected chi connectivity index (χ4v) is 6.17. The molecule has 0 radical (unpaired) electrons. The van der Waals surface area contributed by atoms with Gasteiger partial charge in [-0.1, -0.05) is 32.9 Å². The molecule has 0 saturated heterocycles. The quantitative estimate of drug-likeness (QED) is 0.553. The summed E-state index contributed by atoms with van der Waals surface area (Å²) in [5.41, 5.74) is 1.54. The average molecular weight is 343 g/mol. The Morgan fingerprint density at radius 2 is 1.48 bits per heavy atom. The molecule has 1 atom stereocenters. The van der Waals surface area contributed by atoms with Gasteiger partial charge in [-0.3, -0.25) is 0 Å². The Morgan fingerprint density at radius 1 is 0.920 bits per heavy atom. The van der Waals surface area contributed by atoms with Gasteiger partial charge in [0.05, 0.1) is 5.60 Å². The number of benzene rings is 1. The molecular weight excluding hydrogens is 308 g/mol. The second-order valence-electron chi connectivity index (χ2n) is 9.61. The lowest BCUT2D eigenvalue weighted by atomic mass is 9.54. The fourth-order valence-electron chi connectivity index (χ4n) is 6.17. The lowest BCUT2D eigenvalue weighted by molar-refractivity contribution is -0.190. The molecule has 0 N–H and O–H groups in total. The molecule has 2 heteroatoms. The van der Waals surface area contributed by atoms with Crippen LogP contribution in [0.5, 0.6) is 5.75 Å². The summed E-state index contributed by atoms with van der Waals surface area (Å²) in [6.45, 7) is 7.30. The van der Waals surface area contributed by atoms with E-state index in [1.165, 1.54) is 50.5 Å². The Balaban J connectivity index is 1.29. The van der Waals surface area contributed by atoms with E-state index in [1.807, 2.05) is 0 Å². The summed E-state index contributed by atoms with van der Waals surface area (Å²) < 4.78 is 12.3. The van der Waals surface area contributed by atoms with Crippen LogP contribution in [0.15, 0.2) is 24.3 Å². The molecule has 5 rings (SSSR count). The summed E-state index contributed by atoms with van der Waals surface area (Å²) in [6, 6.07) is 8.64. The van der Waals surface area contributed by atoms with Crippen LogP contribution in [-0.4, -0.2) is 12.4 Å². The molecule has 0 aromatic heterocycles. The van der Waals surface area contributed by atoms with Crippen molar-refractivity contribution >= 4 is 0 Å². The van der Waals surface area contributed by atoms with Crippen molar-refractivity contribution in [2.24, 2.45) is 23.7 Å². The standard InChI is InChI=1S/C23H34O2/c1-16(2)8-17(3)21-4-6-22(7-5-21)24-15-25-23-12-18-9-19(13-23)11-20(10-18)14-23/h4-7,16-20H,8-15H2,1-3H3. The number of rotatable bonds is 7. The van der Waals surface area contributed by atoms with E-state index < -0.39 is 0 Å². The molecule has 25 heavy (non-hydrogen) atoms. The normalized spacial score (nSPS) is 34.5. The highest BCUT2D eigenvalue weighted by Crippen LogP contribution is 2.57. The minimum atomic E-state index is 0.139. The minimum Gasteiger partial charge on any atom is -0.468 e. The molecule has 138 valence electrons. The molecule has 4 fully saturated rings. The molecule has 1 aromatic carbocycles. The molecule has 4 saturated carbocycles. The van der Waals surface area contributed by atoms with Gasteiger partial charge in [-0.25, -0.2) is 0 Å². The number of hydrogen-bond donors (Lipinski definition) is 0. The van der Waals surface area contributed by atoms with Gasteiger partial charge in [-0.05, 0) is 92.2 Å². The Morgan fingerprint density at radius 3 is 2.00 bits per heavy atom. The van der Waals surface area contributed by atoms with Crippen molar-refractivity contribution in [1.29, 1.82) is 0 Å². The number of ether oxygens (including phenoxy) is 2. The van der Waals surface area contributed by atoms with E-state index in [0.29, 0.717) is 12.7 Å². The third-order valence-electron chi connectivity index (χ3n) is 6.85. The van der Waals surface area contributed by atoms with E-state index in [1.54, 1.807) is 0 Å². The predicted molar refractivity (Wildman–Crippen MR) is 102 cm³/mol.